The first-order valence-electron chi connectivity index (χ1n) is 6.45. The van der Waals surface area contributed by atoms with Crippen LogP contribution in [0.2, 0.25) is 0 Å². The van der Waals surface area contributed by atoms with Gasteiger partial charge >= 0.3 is 0 Å². The zero-order chi connectivity index (χ0) is 12.8. The third kappa shape index (κ3) is 1.45. The normalized spacial score (nSPS) is 16.9. The molecule has 0 bridgehead atoms. The SMILES string of the molecule is CCCn1c(C2(C(N)=O)CC2)nc2ccccc21. The van der Waals surface area contributed by atoms with Crippen LogP contribution in [0.5, 0.6) is 0 Å². The fourth-order valence-corrected chi connectivity index (χ4v) is 2.60. The molecule has 0 aliphatic heterocycles. The van der Waals surface area contributed by atoms with Crippen LogP contribution in [-0.4, -0.2) is 15.5 Å². The molecule has 4 nitrogen and oxygen atoms in total. The third-order valence-corrected chi connectivity index (χ3v) is 3.75. The van der Waals surface area contributed by atoms with E-state index in [1.165, 1.54) is 0 Å². The highest BCUT2D eigenvalue weighted by Crippen LogP contribution is 2.48. The number of fused-ring (bicyclic) bond motifs is 1. The number of aromatic nitrogens is 2. The van der Waals surface area contributed by atoms with E-state index in [4.69, 9.17) is 5.73 Å². The number of carbonyl (C=O) groups excluding carboxylic acids is 1. The summed E-state index contributed by atoms with van der Waals surface area (Å²) in [6, 6.07) is 8.02. The van der Waals surface area contributed by atoms with Gasteiger partial charge in [0.15, 0.2) is 0 Å². The van der Waals surface area contributed by atoms with Gasteiger partial charge in [0.2, 0.25) is 5.91 Å². The number of para-hydroxylation sites is 2. The van der Waals surface area contributed by atoms with Crippen molar-refractivity contribution in [2.75, 3.05) is 0 Å². The van der Waals surface area contributed by atoms with Gasteiger partial charge in [-0.2, -0.15) is 0 Å². The van der Waals surface area contributed by atoms with E-state index in [0.717, 1.165) is 42.7 Å². The van der Waals surface area contributed by atoms with Crippen molar-refractivity contribution in [3.8, 4) is 0 Å². The van der Waals surface area contributed by atoms with E-state index < -0.39 is 5.41 Å². The van der Waals surface area contributed by atoms with Crippen LogP contribution in [0.1, 0.15) is 32.0 Å². The van der Waals surface area contributed by atoms with Gasteiger partial charge in [0.25, 0.3) is 0 Å². The summed E-state index contributed by atoms with van der Waals surface area (Å²) in [5, 5.41) is 0. The number of rotatable bonds is 4. The van der Waals surface area contributed by atoms with Gasteiger partial charge in [-0.25, -0.2) is 4.98 Å². The number of hydrogen-bond acceptors (Lipinski definition) is 2. The first-order chi connectivity index (χ1) is 8.69. The van der Waals surface area contributed by atoms with Crippen LogP contribution in [0, 0.1) is 0 Å². The van der Waals surface area contributed by atoms with Gasteiger partial charge in [-0.1, -0.05) is 19.1 Å². The average molecular weight is 243 g/mol. The van der Waals surface area contributed by atoms with Crippen molar-refractivity contribution < 1.29 is 4.79 Å². The average Bonchev–Trinajstić information content (AvgIpc) is 3.10. The molecule has 1 aromatic carbocycles. The van der Waals surface area contributed by atoms with Crippen molar-refractivity contribution in [2.45, 2.75) is 38.1 Å². The molecular formula is C14H17N3O. The zero-order valence-corrected chi connectivity index (χ0v) is 10.5. The van der Waals surface area contributed by atoms with E-state index in [1.54, 1.807) is 0 Å². The smallest absolute Gasteiger partial charge is 0.231 e. The summed E-state index contributed by atoms with van der Waals surface area (Å²) < 4.78 is 2.16. The lowest BCUT2D eigenvalue weighted by Gasteiger charge is -2.13. The molecule has 1 aromatic heterocycles. The zero-order valence-electron chi connectivity index (χ0n) is 10.5. The van der Waals surface area contributed by atoms with Crippen LogP contribution in [0.25, 0.3) is 11.0 Å². The maximum absolute atomic E-state index is 11.7. The minimum Gasteiger partial charge on any atom is -0.369 e. The van der Waals surface area contributed by atoms with E-state index in [1.807, 2.05) is 18.2 Å². The Morgan fingerprint density at radius 1 is 1.44 bits per heavy atom. The number of primary amides is 1. The molecule has 18 heavy (non-hydrogen) atoms. The van der Waals surface area contributed by atoms with E-state index in [2.05, 4.69) is 22.5 Å². The molecule has 0 spiro atoms. The van der Waals surface area contributed by atoms with Crippen molar-refractivity contribution in [1.82, 2.24) is 9.55 Å². The lowest BCUT2D eigenvalue weighted by Crippen LogP contribution is -2.31. The Morgan fingerprint density at radius 3 is 2.78 bits per heavy atom. The summed E-state index contributed by atoms with van der Waals surface area (Å²) in [4.78, 5) is 16.3. The predicted octanol–water partition coefficient (Wildman–Crippen LogP) is 1.96. The van der Waals surface area contributed by atoms with Crippen molar-refractivity contribution >= 4 is 16.9 Å². The maximum atomic E-state index is 11.7. The largest absolute Gasteiger partial charge is 0.369 e. The number of carbonyl (C=O) groups is 1. The van der Waals surface area contributed by atoms with Crippen LogP contribution in [0.15, 0.2) is 24.3 Å². The Balaban J connectivity index is 2.22. The highest BCUT2D eigenvalue weighted by Gasteiger charge is 2.53. The second-order valence-corrected chi connectivity index (χ2v) is 5.02. The summed E-state index contributed by atoms with van der Waals surface area (Å²) in [5.41, 5.74) is 7.10. The molecule has 0 atom stereocenters. The lowest BCUT2D eigenvalue weighted by molar-refractivity contribution is -0.120. The monoisotopic (exact) mass is 243 g/mol. The maximum Gasteiger partial charge on any atom is 0.231 e. The molecule has 4 heteroatoms. The quantitative estimate of drug-likeness (QED) is 0.892. The van der Waals surface area contributed by atoms with E-state index in [0.29, 0.717) is 0 Å². The van der Waals surface area contributed by atoms with Gasteiger partial charge in [0.05, 0.1) is 11.0 Å². The van der Waals surface area contributed by atoms with E-state index in [-0.39, 0.29) is 5.91 Å². The topological polar surface area (TPSA) is 60.9 Å². The van der Waals surface area contributed by atoms with E-state index >= 15 is 0 Å². The van der Waals surface area contributed by atoms with E-state index in [9.17, 15) is 4.79 Å². The molecule has 1 fully saturated rings. The summed E-state index contributed by atoms with van der Waals surface area (Å²) in [7, 11) is 0. The van der Waals surface area contributed by atoms with Crippen LogP contribution >= 0.6 is 0 Å². The fourth-order valence-electron chi connectivity index (χ4n) is 2.60. The van der Waals surface area contributed by atoms with Crippen molar-refractivity contribution in [3.05, 3.63) is 30.1 Å². The minimum absolute atomic E-state index is 0.241. The van der Waals surface area contributed by atoms with Crippen LogP contribution in [-0.2, 0) is 16.8 Å². The number of aryl methyl sites for hydroxylation is 1. The molecule has 3 rings (SSSR count). The fraction of sp³-hybridized carbons (Fsp3) is 0.429. The number of nitrogens with two attached hydrogens (primary N) is 1. The number of benzene rings is 1. The standard InChI is InChI=1S/C14H17N3O/c1-2-9-17-11-6-4-3-5-10(11)16-13(17)14(7-8-14)12(15)18/h3-6H,2,7-9H2,1H3,(H2,15,18). The predicted molar refractivity (Wildman–Crippen MR) is 70.1 cm³/mol. The van der Waals surface area contributed by atoms with Crippen molar-refractivity contribution in [3.63, 3.8) is 0 Å². The summed E-state index contributed by atoms with van der Waals surface area (Å²) in [5.74, 6) is 0.619. The molecule has 0 radical (unpaired) electrons. The van der Waals surface area contributed by atoms with Crippen LogP contribution in [0.3, 0.4) is 0 Å². The van der Waals surface area contributed by atoms with Crippen molar-refractivity contribution in [2.24, 2.45) is 5.73 Å². The molecule has 2 aromatic rings. The summed E-state index contributed by atoms with van der Waals surface area (Å²) in [6.45, 7) is 3.01. The summed E-state index contributed by atoms with van der Waals surface area (Å²) in [6.07, 6.45) is 2.67. The number of imidazole rings is 1. The Hall–Kier alpha value is -1.84. The van der Waals surface area contributed by atoms with Gasteiger partial charge in [-0.15, -0.1) is 0 Å². The second-order valence-electron chi connectivity index (χ2n) is 5.02. The number of hydrogen-bond donors (Lipinski definition) is 1. The number of nitrogens with zero attached hydrogens (tertiary/aromatic N) is 2. The van der Waals surface area contributed by atoms with Gasteiger partial charge in [0.1, 0.15) is 11.2 Å². The highest BCUT2D eigenvalue weighted by molar-refractivity contribution is 5.90. The second kappa shape index (κ2) is 3.83. The molecule has 1 amide bonds. The molecular weight excluding hydrogens is 226 g/mol. The first kappa shape index (κ1) is 11.3. The lowest BCUT2D eigenvalue weighted by atomic mass is 10.1. The molecule has 1 heterocycles. The van der Waals surface area contributed by atoms with Crippen molar-refractivity contribution in [1.29, 1.82) is 0 Å². The molecule has 1 aliphatic rings. The minimum atomic E-state index is -0.506. The van der Waals surface area contributed by atoms with Gasteiger partial charge < -0.3 is 10.3 Å². The van der Waals surface area contributed by atoms with Gasteiger partial charge in [-0.3, -0.25) is 4.79 Å². The first-order valence-corrected chi connectivity index (χ1v) is 6.45. The van der Waals surface area contributed by atoms with Gasteiger partial charge in [0, 0.05) is 6.54 Å². The molecule has 1 saturated carbocycles. The Bertz CT molecular complexity index is 611. The Kier molecular flexibility index (Phi) is 2.40. The van der Waals surface area contributed by atoms with Gasteiger partial charge in [-0.05, 0) is 31.4 Å². The summed E-state index contributed by atoms with van der Waals surface area (Å²) >= 11 is 0. The van der Waals surface area contributed by atoms with Crippen LogP contribution < -0.4 is 5.73 Å². The highest BCUT2D eigenvalue weighted by atomic mass is 16.1. The molecule has 0 saturated heterocycles. The molecule has 1 aliphatic carbocycles. The molecule has 2 N–H and O–H groups in total. The van der Waals surface area contributed by atoms with Crippen LogP contribution in [0.4, 0.5) is 0 Å². The Labute approximate surface area is 106 Å². The molecule has 94 valence electrons. The number of amides is 1. The molecule has 0 unspecified atom stereocenters. The Morgan fingerprint density at radius 2 is 2.17 bits per heavy atom. The third-order valence-electron chi connectivity index (χ3n) is 3.75.